The molecule has 1 N–H and O–H groups in total. The van der Waals surface area contributed by atoms with Crippen LogP contribution in [-0.4, -0.2) is 20.7 Å². The van der Waals surface area contributed by atoms with Crippen LogP contribution in [0.3, 0.4) is 0 Å². The number of ether oxygens (including phenoxy) is 1. The molecule has 31 heavy (non-hydrogen) atoms. The number of hydrogen-bond donors (Lipinski definition) is 1. The monoisotopic (exact) mass is 414 g/mol. The summed E-state index contributed by atoms with van der Waals surface area (Å²) in [5.74, 6) is -0.319. The number of halogens is 1. The Morgan fingerprint density at radius 3 is 2.77 bits per heavy atom. The van der Waals surface area contributed by atoms with Gasteiger partial charge in [-0.2, -0.15) is 5.10 Å². The van der Waals surface area contributed by atoms with Crippen LogP contribution in [0.5, 0.6) is 11.5 Å². The third-order valence-electron chi connectivity index (χ3n) is 4.41. The molecular weight excluding hydrogens is 395 g/mol. The Morgan fingerprint density at radius 2 is 2.00 bits per heavy atom. The van der Waals surface area contributed by atoms with Gasteiger partial charge < -0.3 is 10.1 Å². The van der Waals surface area contributed by atoms with Gasteiger partial charge in [-0.25, -0.2) is 4.39 Å². The molecule has 1 amide bonds. The number of carbonyl (C=O) groups excluding carboxylic acids is 1. The fourth-order valence-corrected chi connectivity index (χ4v) is 2.93. The van der Waals surface area contributed by atoms with Crippen molar-refractivity contribution < 1.29 is 13.9 Å². The summed E-state index contributed by atoms with van der Waals surface area (Å²) in [4.78, 5) is 16.3. The molecular formula is C24H19FN4O2. The van der Waals surface area contributed by atoms with Crippen LogP contribution in [0.4, 0.5) is 10.1 Å². The number of hydrogen-bond acceptors (Lipinski definition) is 4. The highest BCUT2D eigenvalue weighted by molar-refractivity contribution is 6.02. The molecule has 2 aromatic heterocycles. The second-order valence-electron chi connectivity index (χ2n) is 6.66. The summed E-state index contributed by atoms with van der Waals surface area (Å²) in [6, 6.07) is 17.2. The Balaban J connectivity index is 1.41. The summed E-state index contributed by atoms with van der Waals surface area (Å²) in [7, 11) is 0. The molecule has 0 saturated heterocycles. The van der Waals surface area contributed by atoms with Gasteiger partial charge in [0, 0.05) is 30.4 Å². The number of amides is 1. The van der Waals surface area contributed by atoms with E-state index >= 15 is 0 Å². The van der Waals surface area contributed by atoms with Crippen LogP contribution < -0.4 is 10.1 Å². The molecule has 7 heteroatoms. The molecule has 0 radical (unpaired) electrons. The fourth-order valence-electron chi connectivity index (χ4n) is 2.93. The first kappa shape index (κ1) is 20.0. The minimum atomic E-state index is -0.532. The maximum atomic E-state index is 14.4. The number of nitrogens with one attached hydrogen (secondary N) is 1. The number of aromatic nitrogens is 3. The van der Waals surface area contributed by atoms with Crippen LogP contribution in [0, 0.1) is 5.82 Å². The molecule has 4 rings (SSSR count). The molecule has 6 nitrogen and oxygen atoms in total. The van der Waals surface area contributed by atoms with Gasteiger partial charge in [0.15, 0.2) is 11.6 Å². The zero-order chi connectivity index (χ0) is 21.5. The Kier molecular flexibility index (Phi) is 6.13. The molecule has 4 aromatic rings. The van der Waals surface area contributed by atoms with Gasteiger partial charge in [-0.05, 0) is 53.6 Å². The van der Waals surface area contributed by atoms with Gasteiger partial charge in [0.25, 0.3) is 0 Å². The van der Waals surface area contributed by atoms with E-state index in [1.165, 1.54) is 24.4 Å². The smallest absolute Gasteiger partial charge is 0.248 e. The Labute approximate surface area is 178 Å². The molecule has 0 bridgehead atoms. The molecule has 0 atom stereocenters. The lowest BCUT2D eigenvalue weighted by atomic mass is 10.1. The molecule has 0 aliphatic carbocycles. The predicted octanol–water partition coefficient (Wildman–Crippen LogP) is 4.91. The number of nitrogens with zero attached hydrogens (tertiary/aromatic N) is 3. The van der Waals surface area contributed by atoms with E-state index in [0.29, 0.717) is 23.5 Å². The molecule has 0 unspecified atom stereocenters. The number of carbonyl (C=O) groups is 1. The van der Waals surface area contributed by atoms with Crippen LogP contribution in [0.15, 0.2) is 91.5 Å². The van der Waals surface area contributed by atoms with Crippen molar-refractivity contribution in [3.8, 4) is 11.5 Å². The van der Waals surface area contributed by atoms with Crippen molar-refractivity contribution in [2.24, 2.45) is 0 Å². The van der Waals surface area contributed by atoms with E-state index in [1.807, 2.05) is 36.5 Å². The van der Waals surface area contributed by atoms with E-state index < -0.39 is 5.82 Å². The lowest BCUT2D eigenvalue weighted by Crippen LogP contribution is -2.11. The molecule has 154 valence electrons. The van der Waals surface area contributed by atoms with Crippen LogP contribution in [0.25, 0.3) is 6.08 Å². The minimum absolute atomic E-state index is 0.0853. The van der Waals surface area contributed by atoms with Crippen LogP contribution in [0.2, 0.25) is 0 Å². The maximum absolute atomic E-state index is 14.4. The minimum Gasteiger partial charge on any atom is -0.453 e. The van der Waals surface area contributed by atoms with Crippen molar-refractivity contribution in [3.63, 3.8) is 0 Å². The number of pyridine rings is 1. The van der Waals surface area contributed by atoms with Crippen LogP contribution in [-0.2, 0) is 11.3 Å². The van der Waals surface area contributed by atoms with Gasteiger partial charge in [-0.15, -0.1) is 0 Å². The molecule has 0 saturated carbocycles. The molecule has 0 fully saturated rings. The third-order valence-corrected chi connectivity index (χ3v) is 4.41. The standard InChI is InChI=1S/C24H19FN4O2/c25-21-15-18(8-10-23(21)31-20-6-3-12-26-16-20)9-11-24(30)28-22-7-2-1-5-19(22)17-29-14-4-13-27-29/h1-16H,17H2,(H,28,30)/b11-9+. The summed E-state index contributed by atoms with van der Waals surface area (Å²) < 4.78 is 21.6. The van der Waals surface area contributed by atoms with Crippen LogP contribution in [0.1, 0.15) is 11.1 Å². The summed E-state index contributed by atoms with van der Waals surface area (Å²) in [5, 5.41) is 7.05. The molecule has 0 aliphatic rings. The quantitative estimate of drug-likeness (QED) is 0.436. The van der Waals surface area contributed by atoms with Crippen LogP contribution >= 0.6 is 0 Å². The zero-order valence-corrected chi connectivity index (χ0v) is 16.5. The Hall–Kier alpha value is -4.26. The number of rotatable bonds is 7. The van der Waals surface area contributed by atoms with Crippen molar-refractivity contribution >= 4 is 17.7 Å². The average molecular weight is 414 g/mol. The van der Waals surface area contributed by atoms with Crippen molar-refractivity contribution in [1.29, 1.82) is 0 Å². The summed E-state index contributed by atoms with van der Waals surface area (Å²) >= 11 is 0. The van der Waals surface area contributed by atoms with Gasteiger partial charge in [-0.1, -0.05) is 24.3 Å². The highest BCUT2D eigenvalue weighted by atomic mass is 19.1. The number of anilines is 1. The Morgan fingerprint density at radius 1 is 1.10 bits per heavy atom. The molecule has 2 aromatic carbocycles. The van der Waals surface area contributed by atoms with Gasteiger partial charge in [0.1, 0.15) is 5.75 Å². The zero-order valence-electron chi connectivity index (χ0n) is 16.5. The van der Waals surface area contributed by atoms with Crippen molar-refractivity contribution in [2.75, 3.05) is 5.32 Å². The van der Waals surface area contributed by atoms with Gasteiger partial charge in [0.2, 0.25) is 5.91 Å². The van der Waals surface area contributed by atoms with Crippen molar-refractivity contribution in [1.82, 2.24) is 14.8 Å². The average Bonchev–Trinajstić information content (AvgIpc) is 3.29. The van der Waals surface area contributed by atoms with E-state index in [2.05, 4.69) is 15.4 Å². The number of para-hydroxylation sites is 1. The predicted molar refractivity (Wildman–Crippen MR) is 116 cm³/mol. The normalized spacial score (nSPS) is 10.9. The van der Waals surface area contributed by atoms with Gasteiger partial charge >= 0.3 is 0 Å². The topological polar surface area (TPSA) is 69.0 Å². The van der Waals surface area contributed by atoms with E-state index in [9.17, 15) is 9.18 Å². The first-order valence-electron chi connectivity index (χ1n) is 9.59. The summed E-state index contributed by atoms with van der Waals surface area (Å²) in [5.41, 5.74) is 2.16. The van der Waals surface area contributed by atoms with E-state index in [-0.39, 0.29) is 11.7 Å². The van der Waals surface area contributed by atoms with E-state index in [0.717, 1.165) is 5.56 Å². The maximum Gasteiger partial charge on any atom is 0.248 e. The van der Waals surface area contributed by atoms with E-state index in [1.54, 1.807) is 41.4 Å². The Bertz CT molecular complexity index is 1190. The lowest BCUT2D eigenvalue weighted by Gasteiger charge is -2.10. The third kappa shape index (κ3) is 5.42. The van der Waals surface area contributed by atoms with Crippen molar-refractivity contribution in [3.05, 3.63) is 108 Å². The second-order valence-corrected chi connectivity index (χ2v) is 6.66. The first-order chi connectivity index (χ1) is 15.2. The summed E-state index contributed by atoms with van der Waals surface area (Å²) in [6.07, 6.45) is 9.58. The number of benzene rings is 2. The first-order valence-corrected chi connectivity index (χ1v) is 9.59. The highest BCUT2D eigenvalue weighted by Crippen LogP contribution is 2.25. The molecule has 0 aliphatic heterocycles. The second kappa shape index (κ2) is 9.49. The summed E-state index contributed by atoms with van der Waals surface area (Å²) in [6.45, 7) is 0.538. The van der Waals surface area contributed by atoms with Crippen molar-refractivity contribution in [2.45, 2.75) is 6.54 Å². The van der Waals surface area contributed by atoms with Gasteiger partial charge in [0.05, 0.1) is 12.7 Å². The largest absolute Gasteiger partial charge is 0.453 e. The highest BCUT2D eigenvalue weighted by Gasteiger charge is 2.07. The SMILES string of the molecule is O=C(/C=C/c1ccc(Oc2cccnc2)c(F)c1)Nc1ccccc1Cn1cccn1. The molecule has 2 heterocycles. The van der Waals surface area contributed by atoms with Gasteiger partial charge in [-0.3, -0.25) is 14.5 Å². The molecule has 0 spiro atoms. The lowest BCUT2D eigenvalue weighted by molar-refractivity contribution is -0.111. The van der Waals surface area contributed by atoms with E-state index in [4.69, 9.17) is 4.74 Å². The fraction of sp³-hybridized carbons (Fsp3) is 0.0417.